The average Bonchev–Trinajstić information content (AvgIpc) is 2.43. The highest BCUT2D eigenvalue weighted by Gasteiger charge is 2.20. The smallest absolute Gasteiger partial charge is 0.237 e. The largest absolute Gasteiger partial charge is 0.480 e. The van der Waals surface area contributed by atoms with Gasteiger partial charge in [-0.2, -0.15) is 0 Å². The molecule has 2 aromatic rings. The average molecular weight is 336 g/mol. The Bertz CT molecular complexity index is 569. The van der Waals surface area contributed by atoms with Crippen molar-refractivity contribution in [2.24, 2.45) is 0 Å². The molecule has 0 amide bonds. The van der Waals surface area contributed by atoms with Crippen LogP contribution in [-0.4, -0.2) is 23.6 Å². The molecule has 0 fully saturated rings. The van der Waals surface area contributed by atoms with Crippen molar-refractivity contribution in [3.8, 4) is 5.88 Å². The highest BCUT2D eigenvalue weighted by molar-refractivity contribution is 9.10. The fraction of sp³-hybridized carbons (Fsp3) is 0.333. The maximum atomic E-state index is 5.33. The summed E-state index contributed by atoms with van der Waals surface area (Å²) >= 11 is 3.55. The van der Waals surface area contributed by atoms with E-state index in [2.05, 4.69) is 63.3 Å². The summed E-state index contributed by atoms with van der Waals surface area (Å²) in [5, 5.41) is 3.44. The van der Waals surface area contributed by atoms with E-state index in [1.54, 1.807) is 19.5 Å². The van der Waals surface area contributed by atoms with Crippen LogP contribution in [0.4, 0.5) is 0 Å². The van der Waals surface area contributed by atoms with Crippen LogP contribution in [0.1, 0.15) is 29.8 Å². The van der Waals surface area contributed by atoms with Crippen molar-refractivity contribution in [2.45, 2.75) is 19.9 Å². The van der Waals surface area contributed by atoms with Gasteiger partial charge in [-0.25, -0.2) is 4.98 Å². The Morgan fingerprint density at radius 1 is 1.25 bits per heavy atom. The van der Waals surface area contributed by atoms with E-state index < -0.39 is 0 Å². The molecule has 0 aliphatic rings. The third-order valence-corrected chi connectivity index (χ3v) is 3.42. The minimum Gasteiger partial charge on any atom is -0.480 e. The fourth-order valence-electron chi connectivity index (χ4n) is 2.20. The molecule has 1 atom stereocenters. The molecule has 0 aliphatic carbocycles. The molecule has 106 valence electrons. The summed E-state index contributed by atoms with van der Waals surface area (Å²) in [7, 11) is 1.61. The maximum absolute atomic E-state index is 5.33. The third kappa shape index (κ3) is 3.35. The molecule has 1 aromatic heterocycles. The quantitative estimate of drug-likeness (QED) is 0.910. The second-order valence-electron chi connectivity index (χ2n) is 4.50. The number of hydrogen-bond acceptors (Lipinski definition) is 4. The molecule has 1 heterocycles. The Labute approximate surface area is 127 Å². The molecule has 1 N–H and O–H groups in total. The van der Waals surface area contributed by atoms with Crippen LogP contribution in [0.25, 0.3) is 0 Å². The summed E-state index contributed by atoms with van der Waals surface area (Å²) in [6, 6.07) is 6.28. The highest BCUT2D eigenvalue weighted by Crippen LogP contribution is 2.28. The summed E-state index contributed by atoms with van der Waals surface area (Å²) in [5.41, 5.74) is 3.13. The number of benzene rings is 1. The highest BCUT2D eigenvalue weighted by atomic mass is 79.9. The predicted molar refractivity (Wildman–Crippen MR) is 83.0 cm³/mol. The number of aromatic nitrogens is 2. The van der Waals surface area contributed by atoms with E-state index >= 15 is 0 Å². The van der Waals surface area contributed by atoms with Gasteiger partial charge >= 0.3 is 0 Å². The number of hydrogen-bond donors (Lipinski definition) is 1. The number of methoxy groups -OCH3 is 1. The first-order valence-electron chi connectivity index (χ1n) is 6.51. The first-order valence-corrected chi connectivity index (χ1v) is 7.30. The lowest BCUT2D eigenvalue weighted by Gasteiger charge is -2.20. The van der Waals surface area contributed by atoms with E-state index in [0.29, 0.717) is 5.88 Å². The lowest BCUT2D eigenvalue weighted by molar-refractivity contribution is 0.383. The van der Waals surface area contributed by atoms with Gasteiger partial charge in [0.25, 0.3) is 0 Å². The molecule has 0 radical (unpaired) electrons. The monoisotopic (exact) mass is 335 g/mol. The Balaban J connectivity index is 2.50. The Hall–Kier alpha value is -1.46. The molecule has 4 nitrogen and oxygen atoms in total. The summed E-state index contributed by atoms with van der Waals surface area (Å²) in [6.45, 7) is 4.97. The Morgan fingerprint density at radius 2 is 2.00 bits per heavy atom. The number of ether oxygens (including phenoxy) is 1. The number of nitrogens with zero attached hydrogens (tertiary/aromatic N) is 2. The summed E-state index contributed by atoms with van der Waals surface area (Å²) in [5.74, 6) is 0.552. The summed E-state index contributed by atoms with van der Waals surface area (Å²) in [6.07, 6.45) is 3.32. The summed E-state index contributed by atoms with van der Waals surface area (Å²) in [4.78, 5) is 8.67. The molecule has 0 spiro atoms. The van der Waals surface area contributed by atoms with Crippen LogP contribution >= 0.6 is 15.9 Å². The number of aryl methyl sites for hydroxylation is 1. The van der Waals surface area contributed by atoms with Crippen LogP contribution in [0.3, 0.4) is 0 Å². The van der Waals surface area contributed by atoms with Crippen LogP contribution in [-0.2, 0) is 0 Å². The van der Waals surface area contributed by atoms with Crippen molar-refractivity contribution < 1.29 is 4.74 Å². The van der Waals surface area contributed by atoms with Gasteiger partial charge in [0.1, 0.15) is 5.69 Å². The first-order chi connectivity index (χ1) is 9.65. The second kappa shape index (κ2) is 6.81. The van der Waals surface area contributed by atoms with Gasteiger partial charge in [0.2, 0.25) is 5.88 Å². The maximum Gasteiger partial charge on any atom is 0.237 e. The molecule has 1 unspecified atom stereocenters. The van der Waals surface area contributed by atoms with E-state index in [1.807, 2.05) is 0 Å². The molecule has 5 heteroatoms. The van der Waals surface area contributed by atoms with Gasteiger partial charge in [0.05, 0.1) is 13.2 Å². The van der Waals surface area contributed by atoms with E-state index in [0.717, 1.165) is 22.3 Å². The van der Waals surface area contributed by atoms with E-state index in [9.17, 15) is 0 Å². The van der Waals surface area contributed by atoms with Crippen LogP contribution in [0.15, 0.2) is 35.1 Å². The van der Waals surface area contributed by atoms with Crippen LogP contribution in [0.2, 0.25) is 0 Å². The number of rotatable bonds is 5. The zero-order valence-electron chi connectivity index (χ0n) is 11.9. The minimum atomic E-state index is -0.0418. The molecular formula is C15H18BrN3O. The van der Waals surface area contributed by atoms with Gasteiger partial charge in [-0.3, -0.25) is 4.98 Å². The fourth-order valence-corrected chi connectivity index (χ4v) is 2.82. The van der Waals surface area contributed by atoms with E-state index in [1.165, 1.54) is 5.56 Å². The van der Waals surface area contributed by atoms with Crippen molar-refractivity contribution in [1.29, 1.82) is 0 Å². The van der Waals surface area contributed by atoms with Crippen LogP contribution in [0, 0.1) is 6.92 Å². The normalized spacial score (nSPS) is 12.2. The zero-order valence-corrected chi connectivity index (χ0v) is 13.4. The lowest BCUT2D eigenvalue weighted by Crippen LogP contribution is -2.24. The molecule has 0 bridgehead atoms. The van der Waals surface area contributed by atoms with E-state index in [4.69, 9.17) is 4.74 Å². The van der Waals surface area contributed by atoms with Crippen molar-refractivity contribution in [3.63, 3.8) is 0 Å². The Kier molecular flexibility index (Phi) is 5.09. The number of nitrogens with one attached hydrogen (secondary N) is 1. The molecule has 0 saturated carbocycles. The lowest BCUT2D eigenvalue weighted by atomic mass is 10.0. The first kappa shape index (κ1) is 14.9. The van der Waals surface area contributed by atoms with Crippen LogP contribution < -0.4 is 10.1 Å². The molecule has 1 aromatic carbocycles. The topological polar surface area (TPSA) is 47.0 Å². The predicted octanol–water partition coefficient (Wildman–Crippen LogP) is 3.26. The van der Waals surface area contributed by atoms with Gasteiger partial charge in [0.15, 0.2) is 0 Å². The zero-order chi connectivity index (χ0) is 14.5. The summed E-state index contributed by atoms with van der Waals surface area (Å²) < 4.78 is 6.38. The van der Waals surface area contributed by atoms with Gasteiger partial charge in [-0.05, 0) is 36.7 Å². The van der Waals surface area contributed by atoms with Crippen LogP contribution in [0.5, 0.6) is 5.88 Å². The Morgan fingerprint density at radius 3 is 2.65 bits per heavy atom. The minimum absolute atomic E-state index is 0.0418. The van der Waals surface area contributed by atoms with Crippen molar-refractivity contribution in [1.82, 2.24) is 15.3 Å². The van der Waals surface area contributed by atoms with Crippen molar-refractivity contribution in [2.75, 3.05) is 13.7 Å². The van der Waals surface area contributed by atoms with Gasteiger partial charge in [0, 0.05) is 16.9 Å². The molecular weight excluding hydrogens is 318 g/mol. The van der Waals surface area contributed by atoms with Gasteiger partial charge in [-0.1, -0.05) is 28.9 Å². The number of halogens is 1. The van der Waals surface area contributed by atoms with Gasteiger partial charge in [-0.15, -0.1) is 0 Å². The van der Waals surface area contributed by atoms with Crippen molar-refractivity contribution in [3.05, 3.63) is 51.9 Å². The van der Waals surface area contributed by atoms with E-state index in [-0.39, 0.29) is 6.04 Å². The SMILES string of the molecule is CCNC(c1cc(C)cc(Br)c1)c1nccnc1OC. The molecule has 0 aliphatic heterocycles. The van der Waals surface area contributed by atoms with Gasteiger partial charge < -0.3 is 10.1 Å². The second-order valence-corrected chi connectivity index (χ2v) is 5.42. The standard InChI is InChI=1S/C15H18BrN3O/c1-4-17-13(11-7-10(2)8-12(16)9-11)14-15(20-3)19-6-5-18-14/h5-9,13,17H,4H2,1-3H3. The molecule has 0 saturated heterocycles. The molecule has 2 rings (SSSR count). The third-order valence-electron chi connectivity index (χ3n) is 2.96. The van der Waals surface area contributed by atoms with Crippen molar-refractivity contribution >= 4 is 15.9 Å². The molecule has 20 heavy (non-hydrogen) atoms.